The zero-order valence-electron chi connectivity index (χ0n) is 10.9. The summed E-state index contributed by atoms with van der Waals surface area (Å²) in [6, 6.07) is 11.5. The van der Waals surface area contributed by atoms with Crippen LogP contribution in [0.2, 0.25) is 0 Å². The van der Waals surface area contributed by atoms with Crippen LogP contribution in [0.25, 0.3) is 0 Å². The summed E-state index contributed by atoms with van der Waals surface area (Å²) in [6.45, 7) is 2.74. The van der Waals surface area contributed by atoms with E-state index in [0.717, 1.165) is 15.7 Å². The number of phenolic OH excluding ortho intramolecular Hbond substituents is 1. The molecule has 0 heterocycles. The standard InChI is InChI=1S/C15H16BrNO2/c1-10-7-12(16)4-5-13(10)17-9-11-3-6-14(18)15(8-11)19-2/h3-8,17-18H,9H2,1-2H3. The fourth-order valence-electron chi connectivity index (χ4n) is 1.85. The molecule has 0 atom stereocenters. The molecule has 0 fully saturated rings. The molecule has 0 spiro atoms. The molecule has 0 aliphatic carbocycles. The van der Waals surface area contributed by atoms with Gasteiger partial charge >= 0.3 is 0 Å². The number of ether oxygens (including phenoxy) is 1. The van der Waals surface area contributed by atoms with Crippen LogP contribution < -0.4 is 10.1 Å². The number of rotatable bonds is 4. The van der Waals surface area contributed by atoms with Gasteiger partial charge in [-0.05, 0) is 48.4 Å². The third kappa shape index (κ3) is 3.41. The maximum Gasteiger partial charge on any atom is 0.160 e. The molecule has 0 unspecified atom stereocenters. The van der Waals surface area contributed by atoms with Crippen LogP contribution in [0.15, 0.2) is 40.9 Å². The normalized spacial score (nSPS) is 10.3. The number of phenols is 1. The summed E-state index contributed by atoms with van der Waals surface area (Å²) in [7, 11) is 1.55. The average molecular weight is 322 g/mol. The van der Waals surface area contributed by atoms with Gasteiger partial charge in [0.05, 0.1) is 7.11 Å². The highest BCUT2D eigenvalue weighted by atomic mass is 79.9. The van der Waals surface area contributed by atoms with Crippen molar-refractivity contribution in [2.75, 3.05) is 12.4 Å². The average Bonchev–Trinajstić information content (AvgIpc) is 2.39. The molecular weight excluding hydrogens is 306 g/mol. The smallest absolute Gasteiger partial charge is 0.160 e. The highest BCUT2D eigenvalue weighted by molar-refractivity contribution is 9.10. The Morgan fingerprint density at radius 1 is 1.21 bits per heavy atom. The lowest BCUT2D eigenvalue weighted by Crippen LogP contribution is -2.01. The van der Waals surface area contributed by atoms with Crippen LogP contribution in [0.1, 0.15) is 11.1 Å². The van der Waals surface area contributed by atoms with Gasteiger partial charge in [0.15, 0.2) is 11.5 Å². The minimum Gasteiger partial charge on any atom is -0.504 e. The van der Waals surface area contributed by atoms with Gasteiger partial charge in [0.25, 0.3) is 0 Å². The first-order valence-corrected chi connectivity index (χ1v) is 6.75. The summed E-state index contributed by atoms with van der Waals surface area (Å²) in [5.74, 6) is 0.651. The van der Waals surface area contributed by atoms with Crippen LogP contribution in [-0.2, 0) is 6.54 Å². The monoisotopic (exact) mass is 321 g/mol. The molecule has 0 aromatic heterocycles. The second-order valence-electron chi connectivity index (χ2n) is 4.32. The lowest BCUT2D eigenvalue weighted by Gasteiger charge is -2.11. The maximum absolute atomic E-state index is 9.54. The van der Waals surface area contributed by atoms with Crippen molar-refractivity contribution in [3.8, 4) is 11.5 Å². The second-order valence-corrected chi connectivity index (χ2v) is 5.23. The van der Waals surface area contributed by atoms with Crippen molar-refractivity contribution >= 4 is 21.6 Å². The van der Waals surface area contributed by atoms with E-state index in [1.165, 1.54) is 5.56 Å². The van der Waals surface area contributed by atoms with Crippen LogP contribution in [0.5, 0.6) is 11.5 Å². The first-order chi connectivity index (χ1) is 9.10. The molecule has 0 bridgehead atoms. The summed E-state index contributed by atoms with van der Waals surface area (Å²) >= 11 is 3.45. The number of benzene rings is 2. The number of hydrogen-bond acceptors (Lipinski definition) is 3. The summed E-state index contributed by atoms with van der Waals surface area (Å²) in [6.07, 6.45) is 0. The quantitative estimate of drug-likeness (QED) is 0.891. The number of methoxy groups -OCH3 is 1. The van der Waals surface area contributed by atoms with Crippen molar-refractivity contribution in [2.24, 2.45) is 0 Å². The highest BCUT2D eigenvalue weighted by Crippen LogP contribution is 2.27. The highest BCUT2D eigenvalue weighted by Gasteiger charge is 2.03. The number of hydrogen-bond donors (Lipinski definition) is 2. The van der Waals surface area contributed by atoms with E-state index < -0.39 is 0 Å². The van der Waals surface area contributed by atoms with Crippen LogP contribution in [-0.4, -0.2) is 12.2 Å². The van der Waals surface area contributed by atoms with Gasteiger partial charge in [-0.2, -0.15) is 0 Å². The van der Waals surface area contributed by atoms with Crippen molar-refractivity contribution in [3.05, 3.63) is 52.0 Å². The Hall–Kier alpha value is -1.68. The first kappa shape index (κ1) is 13.7. The van der Waals surface area contributed by atoms with E-state index in [0.29, 0.717) is 12.3 Å². The van der Waals surface area contributed by atoms with Gasteiger partial charge in [-0.1, -0.05) is 22.0 Å². The Kier molecular flexibility index (Phi) is 4.32. The lowest BCUT2D eigenvalue weighted by molar-refractivity contribution is 0.373. The zero-order valence-corrected chi connectivity index (χ0v) is 12.5. The van der Waals surface area contributed by atoms with E-state index in [1.807, 2.05) is 24.3 Å². The minimum atomic E-state index is 0.158. The van der Waals surface area contributed by atoms with Crippen molar-refractivity contribution in [3.63, 3.8) is 0 Å². The Morgan fingerprint density at radius 3 is 2.68 bits per heavy atom. The minimum absolute atomic E-state index is 0.158. The SMILES string of the molecule is COc1cc(CNc2ccc(Br)cc2C)ccc1O. The summed E-state index contributed by atoms with van der Waals surface area (Å²) in [5.41, 5.74) is 3.33. The molecule has 2 N–H and O–H groups in total. The topological polar surface area (TPSA) is 41.5 Å². The van der Waals surface area contributed by atoms with Crippen LogP contribution in [0, 0.1) is 6.92 Å². The molecule has 0 radical (unpaired) electrons. The fourth-order valence-corrected chi connectivity index (χ4v) is 2.33. The van der Waals surface area contributed by atoms with Crippen molar-refractivity contribution in [2.45, 2.75) is 13.5 Å². The van der Waals surface area contributed by atoms with Crippen LogP contribution in [0.3, 0.4) is 0 Å². The summed E-state index contributed by atoms with van der Waals surface area (Å²) in [4.78, 5) is 0. The number of anilines is 1. The van der Waals surface area contributed by atoms with E-state index >= 15 is 0 Å². The van der Waals surface area contributed by atoms with Gasteiger partial charge in [-0.15, -0.1) is 0 Å². The molecule has 2 rings (SSSR count). The van der Waals surface area contributed by atoms with Crippen molar-refractivity contribution in [1.82, 2.24) is 0 Å². The molecule has 0 saturated heterocycles. The lowest BCUT2D eigenvalue weighted by atomic mass is 10.1. The molecule has 0 amide bonds. The largest absolute Gasteiger partial charge is 0.504 e. The molecule has 3 nitrogen and oxygen atoms in total. The molecule has 0 saturated carbocycles. The van der Waals surface area contributed by atoms with E-state index in [4.69, 9.17) is 4.74 Å². The third-order valence-electron chi connectivity index (χ3n) is 2.92. The fraction of sp³-hybridized carbons (Fsp3) is 0.200. The molecule has 2 aromatic carbocycles. The Balaban J connectivity index is 2.10. The van der Waals surface area contributed by atoms with Crippen molar-refractivity contribution in [1.29, 1.82) is 0 Å². The molecule has 19 heavy (non-hydrogen) atoms. The predicted octanol–water partition coefficient (Wildman–Crippen LogP) is 4.08. The Labute approximate surface area is 121 Å². The van der Waals surface area contributed by atoms with E-state index in [1.54, 1.807) is 13.2 Å². The zero-order chi connectivity index (χ0) is 13.8. The molecule has 100 valence electrons. The van der Waals surface area contributed by atoms with E-state index in [-0.39, 0.29) is 5.75 Å². The number of aryl methyl sites for hydroxylation is 1. The number of aromatic hydroxyl groups is 1. The number of nitrogens with one attached hydrogen (secondary N) is 1. The Bertz CT molecular complexity index is 584. The van der Waals surface area contributed by atoms with Gasteiger partial charge in [-0.25, -0.2) is 0 Å². The molecule has 2 aromatic rings. The van der Waals surface area contributed by atoms with Crippen LogP contribution in [0.4, 0.5) is 5.69 Å². The van der Waals surface area contributed by atoms with E-state index in [9.17, 15) is 5.11 Å². The van der Waals surface area contributed by atoms with Crippen LogP contribution >= 0.6 is 15.9 Å². The van der Waals surface area contributed by atoms with Crippen molar-refractivity contribution < 1.29 is 9.84 Å². The molecule has 4 heteroatoms. The maximum atomic E-state index is 9.54. The number of halogens is 1. The predicted molar refractivity (Wildman–Crippen MR) is 80.9 cm³/mol. The Morgan fingerprint density at radius 2 is 2.00 bits per heavy atom. The van der Waals surface area contributed by atoms with Gasteiger partial charge in [0.1, 0.15) is 0 Å². The third-order valence-corrected chi connectivity index (χ3v) is 3.41. The second kappa shape index (κ2) is 5.97. The van der Waals surface area contributed by atoms with Gasteiger partial charge in [0, 0.05) is 16.7 Å². The molecular formula is C15H16BrNO2. The molecule has 0 aliphatic rings. The summed E-state index contributed by atoms with van der Waals surface area (Å²) in [5, 5.41) is 12.9. The first-order valence-electron chi connectivity index (χ1n) is 5.96. The van der Waals surface area contributed by atoms with Gasteiger partial charge < -0.3 is 15.2 Å². The van der Waals surface area contributed by atoms with Gasteiger partial charge in [-0.3, -0.25) is 0 Å². The molecule has 0 aliphatic heterocycles. The summed E-state index contributed by atoms with van der Waals surface area (Å²) < 4.78 is 6.16. The van der Waals surface area contributed by atoms with E-state index in [2.05, 4.69) is 34.2 Å². The van der Waals surface area contributed by atoms with Gasteiger partial charge in [0.2, 0.25) is 0 Å².